The lowest BCUT2D eigenvalue weighted by atomic mass is 10.2. The van der Waals surface area contributed by atoms with Crippen LogP contribution in [-0.4, -0.2) is 10.8 Å². The van der Waals surface area contributed by atoms with E-state index in [9.17, 15) is 5.21 Å². The summed E-state index contributed by atoms with van der Waals surface area (Å²) >= 11 is 1.61. The van der Waals surface area contributed by atoms with Gasteiger partial charge < -0.3 is 5.21 Å². The predicted molar refractivity (Wildman–Crippen MR) is 66.7 cm³/mol. The average Bonchev–Trinajstić information content (AvgIpc) is 2.74. The molecule has 0 radical (unpaired) electrons. The van der Waals surface area contributed by atoms with E-state index < -0.39 is 0 Å². The molecule has 0 aliphatic rings. The average molecular weight is 232 g/mol. The molecule has 1 aromatic heterocycles. The first-order valence-corrected chi connectivity index (χ1v) is 6.15. The first-order chi connectivity index (χ1) is 7.81. The molecule has 0 fully saturated rings. The van der Waals surface area contributed by atoms with Crippen molar-refractivity contribution in [3.8, 4) is 0 Å². The summed E-state index contributed by atoms with van der Waals surface area (Å²) in [5.41, 5.74) is 2.09. The van der Waals surface area contributed by atoms with Gasteiger partial charge in [0, 0.05) is 11.0 Å². The highest BCUT2D eigenvalue weighted by Gasteiger charge is 2.08. The van der Waals surface area contributed by atoms with Crippen LogP contribution in [0.3, 0.4) is 0 Å². The van der Waals surface area contributed by atoms with Gasteiger partial charge in [-0.1, -0.05) is 30.3 Å². The molecule has 0 spiro atoms. The molecule has 0 amide bonds. The van der Waals surface area contributed by atoms with Gasteiger partial charge >= 0.3 is 0 Å². The van der Waals surface area contributed by atoms with Crippen molar-refractivity contribution in [2.24, 2.45) is 0 Å². The van der Waals surface area contributed by atoms with E-state index in [-0.39, 0.29) is 0 Å². The lowest BCUT2D eigenvalue weighted by molar-refractivity contribution is -0.604. The number of benzene rings is 1. The SMILES string of the molecule is CS/C=C(\c1ccccc1)n1cc[n+]([O-])c1. The van der Waals surface area contributed by atoms with Crippen LogP contribution in [-0.2, 0) is 0 Å². The molecule has 82 valence electrons. The number of nitrogens with zero attached hydrogens (tertiary/aromatic N) is 2. The predicted octanol–water partition coefficient (Wildman–Crippen LogP) is 2.33. The van der Waals surface area contributed by atoms with E-state index in [1.807, 2.05) is 46.6 Å². The van der Waals surface area contributed by atoms with Crippen molar-refractivity contribution in [3.05, 3.63) is 65.2 Å². The largest absolute Gasteiger partial charge is 0.711 e. The normalized spacial score (nSPS) is 11.7. The minimum absolute atomic E-state index is 0.789. The zero-order valence-corrected chi connectivity index (χ0v) is 9.72. The van der Waals surface area contributed by atoms with Gasteiger partial charge in [-0.2, -0.15) is 0 Å². The summed E-state index contributed by atoms with van der Waals surface area (Å²) in [6.45, 7) is 0. The van der Waals surface area contributed by atoms with Gasteiger partial charge in [0.25, 0.3) is 6.33 Å². The van der Waals surface area contributed by atoms with Gasteiger partial charge in [-0.15, -0.1) is 11.8 Å². The van der Waals surface area contributed by atoms with Crippen LogP contribution in [0.1, 0.15) is 5.56 Å². The molecule has 1 heterocycles. The van der Waals surface area contributed by atoms with Crippen molar-refractivity contribution in [2.75, 3.05) is 6.26 Å². The number of imidazole rings is 1. The maximum absolute atomic E-state index is 11.1. The zero-order chi connectivity index (χ0) is 11.4. The highest BCUT2D eigenvalue weighted by molar-refractivity contribution is 8.01. The van der Waals surface area contributed by atoms with Crippen molar-refractivity contribution in [3.63, 3.8) is 0 Å². The number of aromatic nitrogens is 2. The van der Waals surface area contributed by atoms with Crippen LogP contribution in [0.2, 0.25) is 0 Å². The lowest BCUT2D eigenvalue weighted by Crippen LogP contribution is -2.21. The minimum Gasteiger partial charge on any atom is -0.711 e. The standard InChI is InChI=1S/C12H12N2OS/c1-16-9-12(11-5-3-2-4-6-11)13-7-8-14(15)10-13/h2-10H,1H3/b12-9+. The second kappa shape index (κ2) is 4.90. The van der Waals surface area contributed by atoms with E-state index in [1.54, 1.807) is 18.0 Å². The summed E-state index contributed by atoms with van der Waals surface area (Å²) in [5, 5.41) is 13.1. The molecular formula is C12H12N2OS. The van der Waals surface area contributed by atoms with E-state index in [0.717, 1.165) is 16.0 Å². The Morgan fingerprint density at radius 2 is 2.12 bits per heavy atom. The van der Waals surface area contributed by atoms with Gasteiger partial charge in [0.2, 0.25) is 0 Å². The molecular weight excluding hydrogens is 220 g/mol. The molecule has 0 saturated carbocycles. The van der Waals surface area contributed by atoms with Crippen molar-refractivity contribution in [1.29, 1.82) is 0 Å². The summed E-state index contributed by atoms with van der Waals surface area (Å²) in [5.74, 6) is 0. The molecule has 0 unspecified atom stereocenters. The molecule has 0 bridgehead atoms. The van der Waals surface area contributed by atoms with E-state index in [1.165, 1.54) is 12.5 Å². The molecule has 2 aromatic rings. The molecule has 0 saturated heterocycles. The maximum Gasteiger partial charge on any atom is 0.252 e. The Bertz CT molecular complexity index is 491. The third-order valence-electron chi connectivity index (χ3n) is 2.19. The topological polar surface area (TPSA) is 31.9 Å². The van der Waals surface area contributed by atoms with Crippen LogP contribution in [0, 0.1) is 5.21 Å². The summed E-state index contributed by atoms with van der Waals surface area (Å²) in [6.07, 6.45) is 6.74. The minimum atomic E-state index is 0.789. The van der Waals surface area contributed by atoms with Crippen LogP contribution in [0.15, 0.2) is 54.5 Å². The van der Waals surface area contributed by atoms with Crippen LogP contribution >= 0.6 is 11.8 Å². The van der Waals surface area contributed by atoms with E-state index >= 15 is 0 Å². The number of thioether (sulfide) groups is 1. The van der Waals surface area contributed by atoms with Gasteiger partial charge in [-0.3, -0.25) is 0 Å². The second-order valence-corrected chi connectivity index (χ2v) is 3.99. The quantitative estimate of drug-likeness (QED) is 0.601. The van der Waals surface area contributed by atoms with Gasteiger partial charge in [0.05, 0.1) is 0 Å². The monoisotopic (exact) mass is 232 g/mol. The van der Waals surface area contributed by atoms with Gasteiger partial charge in [0.15, 0.2) is 0 Å². The molecule has 0 atom stereocenters. The summed E-state index contributed by atoms with van der Waals surface area (Å²) in [6, 6.07) is 9.99. The third-order valence-corrected chi connectivity index (χ3v) is 2.65. The van der Waals surface area contributed by atoms with Crippen molar-refractivity contribution in [2.45, 2.75) is 0 Å². The van der Waals surface area contributed by atoms with E-state index in [2.05, 4.69) is 0 Å². The summed E-state index contributed by atoms with van der Waals surface area (Å²) < 4.78 is 2.61. The molecule has 2 rings (SSSR count). The van der Waals surface area contributed by atoms with Crippen LogP contribution in [0.25, 0.3) is 5.70 Å². The fourth-order valence-electron chi connectivity index (χ4n) is 1.48. The zero-order valence-electron chi connectivity index (χ0n) is 8.91. The smallest absolute Gasteiger partial charge is 0.252 e. The highest BCUT2D eigenvalue weighted by atomic mass is 32.2. The fourth-order valence-corrected chi connectivity index (χ4v) is 1.96. The van der Waals surface area contributed by atoms with Crippen LogP contribution in [0.4, 0.5) is 0 Å². The molecule has 0 aliphatic carbocycles. The Morgan fingerprint density at radius 3 is 2.69 bits per heavy atom. The van der Waals surface area contributed by atoms with E-state index in [4.69, 9.17) is 0 Å². The molecule has 1 aromatic carbocycles. The van der Waals surface area contributed by atoms with Crippen molar-refractivity contribution < 1.29 is 4.73 Å². The third kappa shape index (κ3) is 2.28. The maximum atomic E-state index is 11.1. The Labute approximate surface area is 98.6 Å². The molecule has 3 nitrogen and oxygen atoms in total. The molecule has 16 heavy (non-hydrogen) atoms. The van der Waals surface area contributed by atoms with E-state index in [0.29, 0.717) is 0 Å². The lowest BCUT2D eigenvalue weighted by Gasteiger charge is -2.02. The second-order valence-electron chi connectivity index (χ2n) is 3.29. The highest BCUT2D eigenvalue weighted by Crippen LogP contribution is 2.18. The first-order valence-electron chi connectivity index (χ1n) is 4.87. The first kappa shape index (κ1) is 10.8. The Hall–Kier alpha value is -1.68. The number of rotatable bonds is 3. The molecule has 4 heteroatoms. The Balaban J connectivity index is 2.43. The Morgan fingerprint density at radius 1 is 1.38 bits per heavy atom. The summed E-state index contributed by atoms with van der Waals surface area (Å²) in [4.78, 5) is 0. The number of hydrogen-bond donors (Lipinski definition) is 0. The molecule has 0 aliphatic heterocycles. The number of hydrogen-bond acceptors (Lipinski definition) is 2. The Kier molecular flexibility index (Phi) is 3.31. The van der Waals surface area contributed by atoms with Gasteiger partial charge in [-0.25, -0.2) is 9.30 Å². The van der Waals surface area contributed by atoms with Gasteiger partial charge in [-0.05, 0) is 6.26 Å². The fraction of sp³-hybridized carbons (Fsp3) is 0.0833. The summed E-state index contributed by atoms with van der Waals surface area (Å²) in [7, 11) is 0. The van der Waals surface area contributed by atoms with Crippen LogP contribution in [0.5, 0.6) is 0 Å². The molecule has 0 N–H and O–H groups in total. The van der Waals surface area contributed by atoms with Crippen molar-refractivity contribution in [1.82, 2.24) is 4.57 Å². The van der Waals surface area contributed by atoms with Gasteiger partial charge in [0.1, 0.15) is 18.1 Å². The van der Waals surface area contributed by atoms with Crippen LogP contribution < -0.4 is 4.73 Å². The van der Waals surface area contributed by atoms with Crippen molar-refractivity contribution >= 4 is 17.5 Å².